The third-order valence-electron chi connectivity index (χ3n) is 3.68. The summed E-state index contributed by atoms with van der Waals surface area (Å²) in [6, 6.07) is 0. The maximum Gasteiger partial charge on any atom is 0.194 e. The zero-order chi connectivity index (χ0) is 14.5. The minimum Gasteiger partial charge on any atom is -0.357 e. The summed E-state index contributed by atoms with van der Waals surface area (Å²) in [6.07, 6.45) is 2.88. The van der Waals surface area contributed by atoms with Crippen molar-refractivity contribution in [2.75, 3.05) is 19.6 Å². The summed E-state index contributed by atoms with van der Waals surface area (Å²) < 4.78 is 1.77. The van der Waals surface area contributed by atoms with Crippen molar-refractivity contribution in [1.82, 2.24) is 25.0 Å². The highest BCUT2D eigenvalue weighted by molar-refractivity contribution is 14.0. The first kappa shape index (κ1) is 18.2. The Balaban J connectivity index is 0.00000220. The molecule has 1 aromatic heterocycles. The molecule has 1 saturated heterocycles. The molecular formula is C14H27IN6. The number of piperidine rings is 1. The van der Waals surface area contributed by atoms with Gasteiger partial charge in [-0.25, -0.2) is 9.98 Å². The molecule has 0 aromatic carbocycles. The normalized spacial score (nSPS) is 22.9. The van der Waals surface area contributed by atoms with E-state index in [9.17, 15) is 0 Å². The van der Waals surface area contributed by atoms with E-state index in [1.807, 2.05) is 7.05 Å². The number of guanidine groups is 1. The van der Waals surface area contributed by atoms with Crippen LogP contribution in [0.2, 0.25) is 0 Å². The van der Waals surface area contributed by atoms with Crippen molar-refractivity contribution in [2.24, 2.45) is 23.9 Å². The van der Waals surface area contributed by atoms with Crippen molar-refractivity contribution in [3.63, 3.8) is 0 Å². The topological polar surface area (TPSA) is 58.3 Å². The van der Waals surface area contributed by atoms with Crippen LogP contribution in [0.15, 0.2) is 11.3 Å². The predicted octanol–water partition coefficient (Wildman–Crippen LogP) is 1.88. The molecule has 2 atom stereocenters. The van der Waals surface area contributed by atoms with Crippen LogP contribution in [0.1, 0.15) is 33.0 Å². The van der Waals surface area contributed by atoms with Crippen molar-refractivity contribution < 1.29 is 0 Å². The van der Waals surface area contributed by atoms with Gasteiger partial charge in [0, 0.05) is 26.7 Å². The first-order valence-corrected chi connectivity index (χ1v) is 7.46. The van der Waals surface area contributed by atoms with E-state index >= 15 is 0 Å². The molecule has 0 radical (unpaired) electrons. The Labute approximate surface area is 144 Å². The predicted molar refractivity (Wildman–Crippen MR) is 95.8 cm³/mol. The van der Waals surface area contributed by atoms with Crippen LogP contribution in [0.3, 0.4) is 0 Å². The molecular weight excluding hydrogens is 379 g/mol. The van der Waals surface area contributed by atoms with Gasteiger partial charge < -0.3 is 10.2 Å². The van der Waals surface area contributed by atoms with Crippen LogP contribution in [0.4, 0.5) is 0 Å². The summed E-state index contributed by atoms with van der Waals surface area (Å²) >= 11 is 0. The van der Waals surface area contributed by atoms with Crippen molar-refractivity contribution in [3.8, 4) is 0 Å². The number of nitrogens with zero attached hydrogens (tertiary/aromatic N) is 5. The average Bonchev–Trinajstić information content (AvgIpc) is 2.79. The van der Waals surface area contributed by atoms with Crippen LogP contribution in [-0.2, 0) is 13.6 Å². The van der Waals surface area contributed by atoms with Crippen LogP contribution in [0.5, 0.6) is 0 Å². The molecule has 21 heavy (non-hydrogen) atoms. The number of nitrogens with one attached hydrogen (secondary N) is 1. The Bertz CT molecular complexity index is 448. The van der Waals surface area contributed by atoms with Gasteiger partial charge >= 0.3 is 0 Å². The lowest BCUT2D eigenvalue weighted by Crippen LogP contribution is -2.48. The Kier molecular flexibility index (Phi) is 7.41. The minimum atomic E-state index is 0. The number of rotatable bonds is 3. The lowest BCUT2D eigenvalue weighted by molar-refractivity contribution is 0.208. The maximum atomic E-state index is 4.72. The van der Waals surface area contributed by atoms with Crippen LogP contribution >= 0.6 is 24.0 Å². The highest BCUT2D eigenvalue weighted by Gasteiger charge is 2.23. The monoisotopic (exact) mass is 406 g/mol. The smallest absolute Gasteiger partial charge is 0.194 e. The zero-order valence-corrected chi connectivity index (χ0v) is 15.7. The van der Waals surface area contributed by atoms with E-state index in [0.29, 0.717) is 6.54 Å². The number of hydrogen-bond donors (Lipinski definition) is 1. The molecule has 7 heteroatoms. The highest BCUT2D eigenvalue weighted by Crippen LogP contribution is 2.20. The second-order valence-electron chi connectivity index (χ2n) is 5.82. The molecule has 2 heterocycles. The van der Waals surface area contributed by atoms with Gasteiger partial charge in [-0.15, -0.1) is 24.0 Å². The number of aliphatic imine (C=N–C) groups is 1. The van der Waals surface area contributed by atoms with Gasteiger partial charge in [-0.2, -0.15) is 5.10 Å². The molecule has 1 aliphatic rings. The molecule has 0 amide bonds. The third kappa shape index (κ3) is 5.12. The second-order valence-corrected chi connectivity index (χ2v) is 5.82. The fourth-order valence-corrected chi connectivity index (χ4v) is 2.87. The summed E-state index contributed by atoms with van der Waals surface area (Å²) in [4.78, 5) is 11.3. The lowest BCUT2D eigenvalue weighted by Gasteiger charge is -2.37. The summed E-state index contributed by atoms with van der Waals surface area (Å²) in [5.74, 6) is 3.32. The number of aryl methyl sites for hydroxylation is 1. The van der Waals surface area contributed by atoms with Gasteiger partial charge in [-0.3, -0.25) is 4.68 Å². The average molecular weight is 406 g/mol. The molecule has 1 fully saturated rings. The van der Waals surface area contributed by atoms with Crippen molar-refractivity contribution in [3.05, 3.63) is 12.2 Å². The van der Waals surface area contributed by atoms with Gasteiger partial charge in [0.1, 0.15) is 18.7 Å². The summed E-state index contributed by atoms with van der Waals surface area (Å²) in [5, 5.41) is 7.47. The minimum absolute atomic E-state index is 0. The summed E-state index contributed by atoms with van der Waals surface area (Å²) in [5.41, 5.74) is 0. The first-order chi connectivity index (χ1) is 9.60. The molecule has 120 valence electrons. The SMILES string of the molecule is CCNC(=NCc1ncnn1C)N1CC(C)CC(C)C1.I. The number of aromatic nitrogens is 3. The van der Waals surface area contributed by atoms with Gasteiger partial charge in [0.05, 0.1) is 0 Å². The Morgan fingerprint density at radius 2 is 2.05 bits per heavy atom. The van der Waals surface area contributed by atoms with E-state index in [1.165, 1.54) is 6.42 Å². The number of hydrogen-bond acceptors (Lipinski definition) is 3. The van der Waals surface area contributed by atoms with Crippen LogP contribution < -0.4 is 5.32 Å². The fourth-order valence-electron chi connectivity index (χ4n) is 2.87. The van der Waals surface area contributed by atoms with Crippen LogP contribution in [0, 0.1) is 11.8 Å². The third-order valence-corrected chi connectivity index (χ3v) is 3.68. The Morgan fingerprint density at radius 3 is 2.57 bits per heavy atom. The zero-order valence-electron chi connectivity index (χ0n) is 13.4. The standard InChI is InChI=1S/C14H26N6.HI/c1-5-15-14(16-7-13-17-10-18-19(13)4)20-8-11(2)6-12(3)9-20;/h10-12H,5-9H2,1-4H3,(H,15,16);1H. The molecule has 1 N–H and O–H groups in total. The molecule has 1 aromatic rings. The van der Waals surface area contributed by atoms with E-state index in [1.54, 1.807) is 11.0 Å². The second kappa shape index (κ2) is 8.55. The van der Waals surface area contributed by atoms with Gasteiger partial charge in [-0.05, 0) is 25.2 Å². The van der Waals surface area contributed by atoms with Gasteiger partial charge in [0.25, 0.3) is 0 Å². The van der Waals surface area contributed by atoms with Gasteiger partial charge in [0.15, 0.2) is 5.96 Å². The molecule has 6 nitrogen and oxygen atoms in total. The lowest BCUT2D eigenvalue weighted by atomic mass is 9.92. The quantitative estimate of drug-likeness (QED) is 0.473. The van der Waals surface area contributed by atoms with E-state index in [2.05, 4.69) is 41.1 Å². The Hall–Kier alpha value is -0.860. The van der Waals surface area contributed by atoms with Crippen LogP contribution in [0.25, 0.3) is 0 Å². The largest absolute Gasteiger partial charge is 0.357 e. The van der Waals surface area contributed by atoms with Crippen molar-refractivity contribution >= 4 is 29.9 Å². The van der Waals surface area contributed by atoms with Crippen molar-refractivity contribution in [2.45, 2.75) is 33.7 Å². The molecule has 2 rings (SSSR count). The highest BCUT2D eigenvalue weighted by atomic mass is 127. The van der Waals surface area contributed by atoms with E-state index in [-0.39, 0.29) is 24.0 Å². The molecule has 0 saturated carbocycles. The summed E-state index contributed by atoms with van der Waals surface area (Å²) in [7, 11) is 1.90. The Morgan fingerprint density at radius 1 is 1.38 bits per heavy atom. The molecule has 0 bridgehead atoms. The van der Waals surface area contributed by atoms with Crippen LogP contribution in [-0.4, -0.2) is 45.3 Å². The summed E-state index contributed by atoms with van der Waals surface area (Å²) in [6.45, 7) is 10.3. The molecule has 0 spiro atoms. The maximum absolute atomic E-state index is 4.72. The number of halogens is 1. The van der Waals surface area contributed by atoms with Gasteiger partial charge in [-0.1, -0.05) is 13.8 Å². The van der Waals surface area contributed by atoms with E-state index in [0.717, 1.165) is 43.3 Å². The van der Waals surface area contributed by atoms with Gasteiger partial charge in [0.2, 0.25) is 0 Å². The van der Waals surface area contributed by atoms with E-state index in [4.69, 9.17) is 4.99 Å². The van der Waals surface area contributed by atoms with Crippen molar-refractivity contribution in [1.29, 1.82) is 0 Å². The molecule has 0 aliphatic carbocycles. The molecule has 2 unspecified atom stereocenters. The first-order valence-electron chi connectivity index (χ1n) is 7.46. The number of likely N-dealkylation sites (tertiary alicyclic amines) is 1. The molecule has 1 aliphatic heterocycles. The van der Waals surface area contributed by atoms with E-state index < -0.39 is 0 Å². The fraction of sp³-hybridized carbons (Fsp3) is 0.786.